The van der Waals surface area contributed by atoms with Gasteiger partial charge in [0.1, 0.15) is 23.6 Å². The van der Waals surface area contributed by atoms with Gasteiger partial charge < -0.3 is 25.8 Å². The first-order chi connectivity index (χ1) is 21.9. The van der Waals surface area contributed by atoms with E-state index in [0.29, 0.717) is 30.3 Å². The van der Waals surface area contributed by atoms with Crippen molar-refractivity contribution in [2.45, 2.75) is 97.3 Å². The van der Waals surface area contributed by atoms with Crippen molar-refractivity contribution in [3.05, 3.63) is 47.5 Å². The lowest BCUT2D eigenvalue weighted by molar-refractivity contribution is -0.140. The van der Waals surface area contributed by atoms with E-state index in [4.69, 9.17) is 0 Å². The number of amides is 4. The summed E-state index contributed by atoms with van der Waals surface area (Å²) in [6, 6.07) is 4.32. The first kappa shape index (κ1) is 35.1. The zero-order chi connectivity index (χ0) is 33.5. The van der Waals surface area contributed by atoms with Crippen LogP contribution in [0.1, 0.15) is 88.7 Å². The van der Waals surface area contributed by atoms with Crippen molar-refractivity contribution >= 4 is 29.3 Å². The molecule has 1 aromatic carbocycles. The number of carbonyl (C=O) groups excluding carboxylic acids is 4. The quantitative estimate of drug-likeness (QED) is 0.344. The minimum atomic E-state index is -0.872. The van der Waals surface area contributed by atoms with Gasteiger partial charge in [-0.25, -0.2) is 4.39 Å². The molecular weight excluding hydrogens is 589 g/mol. The van der Waals surface area contributed by atoms with E-state index in [2.05, 4.69) is 32.9 Å². The molecule has 2 aliphatic rings. The Labute approximate surface area is 271 Å². The molecule has 4 amide bonds. The van der Waals surface area contributed by atoms with E-state index in [-0.39, 0.29) is 35.9 Å². The molecule has 1 aromatic heterocycles. The van der Waals surface area contributed by atoms with Gasteiger partial charge in [-0.3, -0.25) is 23.9 Å². The molecule has 1 aliphatic carbocycles. The molecule has 12 heteroatoms. The van der Waals surface area contributed by atoms with Crippen molar-refractivity contribution in [3.63, 3.8) is 0 Å². The average molecular weight is 640 g/mol. The number of rotatable bonds is 11. The molecule has 0 radical (unpaired) electrons. The van der Waals surface area contributed by atoms with Crippen LogP contribution in [0.5, 0.6) is 0 Å². The topological polar surface area (TPSA) is 129 Å². The lowest BCUT2D eigenvalue weighted by Gasteiger charge is -2.41. The van der Waals surface area contributed by atoms with E-state index in [1.54, 1.807) is 41.8 Å². The average Bonchev–Trinajstić information content (AvgIpc) is 3.52. The maximum absolute atomic E-state index is 15.7. The van der Waals surface area contributed by atoms with Gasteiger partial charge in [0.05, 0.1) is 5.69 Å². The number of hydrogen-bond acceptors (Lipinski definition) is 6. The molecule has 0 spiro atoms. The number of aromatic nitrogens is 2. The van der Waals surface area contributed by atoms with Crippen LogP contribution in [0.15, 0.2) is 30.5 Å². The molecule has 1 aliphatic heterocycles. The zero-order valence-electron chi connectivity index (χ0n) is 28.0. The number of nitrogens with one attached hydrogen (secondary N) is 3. The number of aryl methyl sites for hydroxylation is 1. The van der Waals surface area contributed by atoms with Crippen molar-refractivity contribution in [2.75, 3.05) is 32.0 Å². The van der Waals surface area contributed by atoms with Crippen LogP contribution in [-0.4, -0.2) is 88.0 Å². The third-order valence-corrected chi connectivity index (χ3v) is 9.64. The summed E-state index contributed by atoms with van der Waals surface area (Å²) in [5.41, 5.74) is 0.862. The Balaban J connectivity index is 1.53. The van der Waals surface area contributed by atoms with Crippen molar-refractivity contribution in [1.29, 1.82) is 0 Å². The number of halogens is 1. The fraction of sp³-hybridized carbons (Fsp3) is 0.618. The number of hydrogen-bond donors (Lipinski definition) is 3. The molecule has 252 valence electrons. The lowest BCUT2D eigenvalue weighted by Crippen LogP contribution is -2.59. The molecule has 3 N–H and O–H groups in total. The van der Waals surface area contributed by atoms with Crippen LogP contribution in [0.25, 0.3) is 0 Å². The Morgan fingerprint density at radius 2 is 1.74 bits per heavy atom. The summed E-state index contributed by atoms with van der Waals surface area (Å²) in [7, 11) is 2.01. The van der Waals surface area contributed by atoms with Crippen LogP contribution < -0.4 is 16.0 Å². The largest absolute Gasteiger partial charge is 0.344 e. The lowest BCUT2D eigenvalue weighted by atomic mass is 9.79. The number of carbonyl (C=O) groups is 4. The van der Waals surface area contributed by atoms with Gasteiger partial charge >= 0.3 is 0 Å². The normalized spacial score (nSPS) is 22.4. The molecule has 2 aromatic rings. The first-order valence-electron chi connectivity index (χ1n) is 16.6. The smallest absolute Gasteiger partial charge is 0.270 e. The summed E-state index contributed by atoms with van der Waals surface area (Å²) >= 11 is 0. The minimum absolute atomic E-state index is 0.0175. The van der Waals surface area contributed by atoms with Crippen LogP contribution in [-0.2, 0) is 20.9 Å². The van der Waals surface area contributed by atoms with Gasteiger partial charge in [-0.1, -0.05) is 39.7 Å². The molecule has 2 heterocycles. The van der Waals surface area contributed by atoms with Crippen LogP contribution in [0.3, 0.4) is 0 Å². The summed E-state index contributed by atoms with van der Waals surface area (Å²) in [5.74, 6) is -2.09. The maximum atomic E-state index is 15.7. The highest BCUT2D eigenvalue weighted by molar-refractivity contribution is 6.00. The molecule has 1 saturated carbocycles. The van der Waals surface area contributed by atoms with Gasteiger partial charge in [-0.15, -0.1) is 0 Å². The van der Waals surface area contributed by atoms with Gasteiger partial charge in [0, 0.05) is 50.8 Å². The monoisotopic (exact) mass is 639 g/mol. The number of nitrogens with zero attached hydrogens (tertiary/aromatic N) is 4. The Morgan fingerprint density at radius 1 is 1.02 bits per heavy atom. The second-order valence-corrected chi connectivity index (χ2v) is 13.1. The summed E-state index contributed by atoms with van der Waals surface area (Å²) in [4.78, 5) is 57.1. The third kappa shape index (κ3) is 8.31. The van der Waals surface area contributed by atoms with Crippen molar-refractivity contribution in [2.24, 2.45) is 11.8 Å². The first-order valence-corrected chi connectivity index (χ1v) is 16.6. The number of anilines is 1. The highest BCUT2D eigenvalue weighted by atomic mass is 19.1. The van der Waals surface area contributed by atoms with Crippen LogP contribution in [0, 0.1) is 17.7 Å². The van der Waals surface area contributed by atoms with Crippen molar-refractivity contribution in [3.8, 4) is 0 Å². The van der Waals surface area contributed by atoms with Gasteiger partial charge in [0.25, 0.3) is 5.91 Å². The fourth-order valence-corrected chi connectivity index (χ4v) is 6.65. The summed E-state index contributed by atoms with van der Waals surface area (Å²) in [6.07, 6.45) is 5.20. The summed E-state index contributed by atoms with van der Waals surface area (Å²) < 4.78 is 17.2. The van der Waals surface area contributed by atoms with Gasteiger partial charge in [-0.2, -0.15) is 5.10 Å². The van der Waals surface area contributed by atoms with E-state index in [0.717, 1.165) is 38.8 Å². The highest BCUT2D eigenvalue weighted by Gasteiger charge is 2.36. The summed E-state index contributed by atoms with van der Waals surface area (Å²) in [5, 5.41) is 12.7. The molecule has 4 rings (SSSR count). The predicted molar refractivity (Wildman–Crippen MR) is 175 cm³/mol. The SMILES string of the molecule is CCC(=O)N[C@@H](C(=O)N1CCN(C)C[C@@H]1C)[C@@H](C)c1ccc(NC(=O)[C@@H](NC(=O)c2ccnn2CC)C2CCC(C)CC2)c(F)c1. The van der Waals surface area contributed by atoms with Crippen LogP contribution in [0.2, 0.25) is 0 Å². The Kier molecular flexibility index (Phi) is 11.9. The zero-order valence-corrected chi connectivity index (χ0v) is 28.0. The highest BCUT2D eigenvalue weighted by Crippen LogP contribution is 2.32. The van der Waals surface area contributed by atoms with Crippen LogP contribution in [0.4, 0.5) is 10.1 Å². The van der Waals surface area contributed by atoms with Crippen molar-refractivity contribution < 1.29 is 23.6 Å². The molecule has 4 atom stereocenters. The number of piperazine rings is 1. The third-order valence-electron chi connectivity index (χ3n) is 9.64. The van der Waals surface area contributed by atoms with Crippen molar-refractivity contribution in [1.82, 2.24) is 30.2 Å². The second-order valence-electron chi connectivity index (χ2n) is 13.1. The Bertz CT molecular complexity index is 1390. The second kappa shape index (κ2) is 15.7. The Morgan fingerprint density at radius 3 is 2.37 bits per heavy atom. The van der Waals surface area contributed by atoms with Gasteiger partial charge in [0.15, 0.2) is 0 Å². The molecule has 11 nitrogen and oxygen atoms in total. The van der Waals surface area contributed by atoms with E-state index in [1.165, 1.54) is 12.1 Å². The molecule has 1 saturated heterocycles. The van der Waals surface area contributed by atoms with E-state index >= 15 is 4.39 Å². The molecule has 46 heavy (non-hydrogen) atoms. The predicted octanol–water partition coefficient (Wildman–Crippen LogP) is 3.77. The standard InChI is InChI=1S/C34H50FN7O4/c1-7-29(43)38-30(34(46)41-18-17-40(6)20-22(41)4)23(5)25-13-14-27(26(35)19-25)37-33(45)31(24-11-9-21(3)10-12-24)39-32(44)28-15-16-36-42(28)8-2/h13-16,19,21-24,30-31H,7-12,17-18,20H2,1-6H3,(H,37,45)(H,38,43)(H,39,44)/t21?,22-,23-,24?,30+,31-/m0/s1. The maximum Gasteiger partial charge on any atom is 0.270 e. The number of likely N-dealkylation sites (N-methyl/N-ethyl adjacent to an activating group) is 1. The van der Waals surface area contributed by atoms with E-state index in [1.807, 2.05) is 20.9 Å². The van der Waals surface area contributed by atoms with Gasteiger partial charge in [0.2, 0.25) is 17.7 Å². The molecule has 2 fully saturated rings. The van der Waals surface area contributed by atoms with Crippen LogP contribution >= 0.6 is 0 Å². The summed E-state index contributed by atoms with van der Waals surface area (Å²) in [6.45, 7) is 12.1. The molecule has 0 unspecified atom stereocenters. The van der Waals surface area contributed by atoms with Gasteiger partial charge in [-0.05, 0) is 69.3 Å². The van der Waals surface area contributed by atoms with E-state index in [9.17, 15) is 19.2 Å². The fourth-order valence-electron chi connectivity index (χ4n) is 6.65. The minimum Gasteiger partial charge on any atom is -0.344 e. The molecular formula is C34H50FN7O4. The Hall–Kier alpha value is -3.80. The molecule has 0 bridgehead atoms. The van der Waals surface area contributed by atoms with E-state index < -0.39 is 35.6 Å². The number of benzene rings is 1.